The lowest BCUT2D eigenvalue weighted by atomic mass is 9.96. The van der Waals surface area contributed by atoms with E-state index in [-0.39, 0.29) is 11.9 Å². The number of pyridine rings is 1. The van der Waals surface area contributed by atoms with Gasteiger partial charge in [0.05, 0.1) is 24.9 Å². The monoisotopic (exact) mass is 356 g/mol. The number of ether oxygens (including phenoxy) is 1. The molecule has 4 rings (SSSR count). The number of morpholine rings is 1. The van der Waals surface area contributed by atoms with Crippen molar-refractivity contribution in [3.05, 3.63) is 47.1 Å². The van der Waals surface area contributed by atoms with Crippen LogP contribution in [0.1, 0.15) is 46.4 Å². The number of aryl methyl sites for hydroxylation is 1. The predicted molar refractivity (Wildman–Crippen MR) is 94.8 cm³/mol. The standard InChI is InChI=1S/C19H24N4O3/c24-19(18-14-5-1-2-7-17(14)26-22-18)21-13-16(15-6-3-4-8-20-15)23-9-11-25-12-10-23/h3-4,6,8,16H,1-2,5,7,9-13H2,(H,21,24)/t16-/m0/s1. The summed E-state index contributed by atoms with van der Waals surface area (Å²) in [5.74, 6) is 0.710. The Morgan fingerprint density at radius 1 is 1.23 bits per heavy atom. The highest BCUT2D eigenvalue weighted by Crippen LogP contribution is 2.24. The molecule has 0 bridgehead atoms. The Balaban J connectivity index is 1.47. The maximum atomic E-state index is 12.7. The summed E-state index contributed by atoms with van der Waals surface area (Å²) in [6, 6.07) is 5.91. The number of carbonyl (C=O) groups excluding carboxylic acids is 1. The molecular weight excluding hydrogens is 332 g/mol. The third kappa shape index (κ3) is 3.64. The van der Waals surface area contributed by atoms with Crippen LogP contribution < -0.4 is 5.32 Å². The van der Waals surface area contributed by atoms with E-state index in [2.05, 4.69) is 20.4 Å². The van der Waals surface area contributed by atoms with E-state index in [1.54, 1.807) is 6.20 Å². The van der Waals surface area contributed by atoms with E-state index in [4.69, 9.17) is 9.26 Å². The number of aromatic nitrogens is 2. The van der Waals surface area contributed by atoms with E-state index in [1.165, 1.54) is 0 Å². The van der Waals surface area contributed by atoms with Crippen molar-refractivity contribution in [2.45, 2.75) is 31.7 Å². The number of nitrogens with zero attached hydrogens (tertiary/aromatic N) is 3. The van der Waals surface area contributed by atoms with Crippen LogP contribution in [0.2, 0.25) is 0 Å². The van der Waals surface area contributed by atoms with E-state index in [1.807, 2.05) is 18.2 Å². The Kier molecular flexibility index (Phi) is 5.26. The van der Waals surface area contributed by atoms with Gasteiger partial charge in [0.15, 0.2) is 5.69 Å². The molecule has 0 saturated carbocycles. The summed E-state index contributed by atoms with van der Waals surface area (Å²) in [7, 11) is 0. The van der Waals surface area contributed by atoms with Crippen LogP contribution in [0.25, 0.3) is 0 Å². The third-order valence-electron chi connectivity index (χ3n) is 5.14. The minimum atomic E-state index is -0.161. The number of nitrogens with one attached hydrogen (secondary N) is 1. The van der Waals surface area contributed by atoms with Crippen LogP contribution in [0.15, 0.2) is 28.9 Å². The first-order chi connectivity index (χ1) is 12.8. The number of hydrogen-bond acceptors (Lipinski definition) is 6. The molecule has 1 aliphatic heterocycles. The van der Waals surface area contributed by atoms with E-state index in [0.717, 1.165) is 55.8 Å². The molecule has 2 aliphatic rings. The maximum absolute atomic E-state index is 12.7. The fraction of sp³-hybridized carbons (Fsp3) is 0.526. The minimum Gasteiger partial charge on any atom is -0.379 e. The van der Waals surface area contributed by atoms with Gasteiger partial charge in [-0.2, -0.15) is 0 Å². The SMILES string of the molecule is O=C(NC[C@@H](c1ccccn1)N1CCOCC1)c1noc2c1CCCC2. The van der Waals surface area contributed by atoms with Crippen LogP contribution in [-0.2, 0) is 17.6 Å². The number of amides is 1. The summed E-state index contributed by atoms with van der Waals surface area (Å²) in [4.78, 5) is 19.5. The second-order valence-corrected chi connectivity index (χ2v) is 6.77. The zero-order valence-electron chi connectivity index (χ0n) is 14.8. The van der Waals surface area contributed by atoms with Gasteiger partial charge >= 0.3 is 0 Å². The Bertz CT molecular complexity index is 740. The first-order valence-corrected chi connectivity index (χ1v) is 9.31. The summed E-state index contributed by atoms with van der Waals surface area (Å²) in [6.07, 6.45) is 5.72. The van der Waals surface area contributed by atoms with Crippen molar-refractivity contribution in [3.8, 4) is 0 Å². The van der Waals surface area contributed by atoms with Gasteiger partial charge in [-0.15, -0.1) is 0 Å². The van der Waals surface area contributed by atoms with Gasteiger partial charge < -0.3 is 14.6 Å². The molecule has 7 nitrogen and oxygen atoms in total. The number of fused-ring (bicyclic) bond motifs is 1. The molecule has 1 fully saturated rings. The van der Waals surface area contributed by atoms with Gasteiger partial charge in [0.2, 0.25) is 0 Å². The molecule has 2 aromatic rings. The molecule has 1 amide bonds. The van der Waals surface area contributed by atoms with Gasteiger partial charge in [-0.1, -0.05) is 11.2 Å². The van der Waals surface area contributed by atoms with Gasteiger partial charge in [-0.05, 0) is 31.4 Å². The lowest BCUT2D eigenvalue weighted by Gasteiger charge is -2.34. The van der Waals surface area contributed by atoms with Crippen LogP contribution in [0.5, 0.6) is 0 Å². The maximum Gasteiger partial charge on any atom is 0.273 e. The molecule has 0 radical (unpaired) electrons. The van der Waals surface area contributed by atoms with Crippen LogP contribution in [-0.4, -0.2) is 53.8 Å². The third-order valence-corrected chi connectivity index (χ3v) is 5.14. The summed E-state index contributed by atoms with van der Waals surface area (Å²) < 4.78 is 10.8. The van der Waals surface area contributed by atoms with Gasteiger partial charge in [0.1, 0.15) is 5.76 Å². The highest BCUT2D eigenvalue weighted by Gasteiger charge is 2.27. The van der Waals surface area contributed by atoms with Gasteiger partial charge in [-0.3, -0.25) is 14.7 Å². The molecule has 2 aromatic heterocycles. The molecule has 1 N–H and O–H groups in total. The average molecular weight is 356 g/mol. The summed E-state index contributed by atoms with van der Waals surface area (Å²) >= 11 is 0. The van der Waals surface area contributed by atoms with Crippen molar-refractivity contribution in [1.29, 1.82) is 0 Å². The zero-order chi connectivity index (χ0) is 17.8. The van der Waals surface area contributed by atoms with Crippen molar-refractivity contribution in [2.24, 2.45) is 0 Å². The molecule has 1 saturated heterocycles. The Morgan fingerprint density at radius 3 is 2.88 bits per heavy atom. The molecule has 0 aromatic carbocycles. The molecule has 1 atom stereocenters. The van der Waals surface area contributed by atoms with Gasteiger partial charge in [0.25, 0.3) is 5.91 Å². The molecule has 26 heavy (non-hydrogen) atoms. The van der Waals surface area contributed by atoms with Crippen molar-refractivity contribution in [2.75, 3.05) is 32.8 Å². The predicted octanol–water partition coefficient (Wildman–Crippen LogP) is 1.75. The average Bonchev–Trinajstić information content (AvgIpc) is 3.14. The Morgan fingerprint density at radius 2 is 2.08 bits per heavy atom. The van der Waals surface area contributed by atoms with E-state index in [0.29, 0.717) is 25.5 Å². The lowest BCUT2D eigenvalue weighted by molar-refractivity contribution is 0.0153. The lowest BCUT2D eigenvalue weighted by Crippen LogP contribution is -2.44. The molecule has 3 heterocycles. The minimum absolute atomic E-state index is 0.0202. The number of carbonyl (C=O) groups is 1. The first-order valence-electron chi connectivity index (χ1n) is 9.31. The van der Waals surface area contributed by atoms with E-state index < -0.39 is 0 Å². The van der Waals surface area contributed by atoms with Gasteiger partial charge in [-0.25, -0.2) is 0 Å². The Hall–Kier alpha value is -2.25. The highest BCUT2D eigenvalue weighted by molar-refractivity contribution is 5.93. The van der Waals surface area contributed by atoms with Crippen LogP contribution in [0.4, 0.5) is 0 Å². The molecule has 138 valence electrons. The van der Waals surface area contributed by atoms with Crippen molar-refractivity contribution < 1.29 is 14.1 Å². The molecule has 0 unspecified atom stereocenters. The van der Waals surface area contributed by atoms with Gasteiger partial charge in [0, 0.05) is 37.8 Å². The molecular formula is C19H24N4O3. The normalized spacial score (nSPS) is 18.9. The highest BCUT2D eigenvalue weighted by atomic mass is 16.5. The van der Waals surface area contributed by atoms with Crippen molar-refractivity contribution in [1.82, 2.24) is 20.4 Å². The summed E-state index contributed by atoms with van der Waals surface area (Å²) in [5.41, 5.74) is 2.38. The fourth-order valence-corrected chi connectivity index (χ4v) is 3.72. The number of rotatable bonds is 5. The second-order valence-electron chi connectivity index (χ2n) is 6.77. The largest absolute Gasteiger partial charge is 0.379 e. The smallest absolute Gasteiger partial charge is 0.273 e. The van der Waals surface area contributed by atoms with Crippen LogP contribution in [0, 0.1) is 0 Å². The number of hydrogen-bond donors (Lipinski definition) is 1. The van der Waals surface area contributed by atoms with E-state index >= 15 is 0 Å². The van der Waals surface area contributed by atoms with Crippen molar-refractivity contribution >= 4 is 5.91 Å². The molecule has 1 aliphatic carbocycles. The molecule has 0 spiro atoms. The summed E-state index contributed by atoms with van der Waals surface area (Å²) in [5, 5.41) is 7.07. The Labute approximate surface area is 152 Å². The quantitative estimate of drug-likeness (QED) is 0.879. The summed E-state index contributed by atoms with van der Waals surface area (Å²) in [6.45, 7) is 3.55. The first kappa shape index (κ1) is 17.2. The molecule has 7 heteroatoms. The van der Waals surface area contributed by atoms with Crippen molar-refractivity contribution in [3.63, 3.8) is 0 Å². The topological polar surface area (TPSA) is 80.5 Å². The van der Waals surface area contributed by atoms with Crippen LogP contribution >= 0.6 is 0 Å². The second kappa shape index (κ2) is 7.97. The van der Waals surface area contributed by atoms with E-state index in [9.17, 15) is 4.79 Å². The van der Waals surface area contributed by atoms with Crippen LogP contribution in [0.3, 0.4) is 0 Å². The fourth-order valence-electron chi connectivity index (χ4n) is 3.72. The zero-order valence-corrected chi connectivity index (χ0v) is 14.8.